The van der Waals surface area contributed by atoms with Gasteiger partial charge in [0.05, 0.1) is 4.47 Å². The molecule has 0 atom stereocenters. The summed E-state index contributed by atoms with van der Waals surface area (Å²) in [5.41, 5.74) is 1.50. The van der Waals surface area contributed by atoms with Crippen LogP contribution in [0.3, 0.4) is 0 Å². The highest BCUT2D eigenvalue weighted by Gasteiger charge is 2.19. The van der Waals surface area contributed by atoms with E-state index in [-0.39, 0.29) is 0 Å². The van der Waals surface area contributed by atoms with Gasteiger partial charge in [0.15, 0.2) is 17.8 Å². The average molecular weight is 257 g/mol. The molecule has 1 aliphatic heterocycles. The SMILES string of the molecule is Cc1cc2c(c(Br)c1C=O)OCCO2. The largest absolute Gasteiger partial charge is 0.486 e. The molecule has 74 valence electrons. The third-order valence-electron chi connectivity index (χ3n) is 2.14. The lowest BCUT2D eigenvalue weighted by Gasteiger charge is -2.21. The Labute approximate surface area is 90.1 Å². The summed E-state index contributed by atoms with van der Waals surface area (Å²) in [6.45, 7) is 2.94. The van der Waals surface area contributed by atoms with Crippen molar-refractivity contribution in [3.63, 3.8) is 0 Å². The van der Waals surface area contributed by atoms with E-state index < -0.39 is 0 Å². The van der Waals surface area contributed by atoms with Crippen LogP contribution in [0.2, 0.25) is 0 Å². The summed E-state index contributed by atoms with van der Waals surface area (Å²) in [7, 11) is 0. The quantitative estimate of drug-likeness (QED) is 0.724. The summed E-state index contributed by atoms with van der Waals surface area (Å²) in [5, 5.41) is 0. The molecule has 0 unspecified atom stereocenters. The van der Waals surface area contributed by atoms with E-state index in [1.807, 2.05) is 13.0 Å². The van der Waals surface area contributed by atoms with Crippen molar-refractivity contribution in [1.29, 1.82) is 0 Å². The Morgan fingerprint density at radius 1 is 1.43 bits per heavy atom. The molecule has 4 heteroatoms. The number of aldehydes is 1. The molecule has 1 aromatic rings. The van der Waals surface area contributed by atoms with Crippen molar-refractivity contribution in [2.24, 2.45) is 0 Å². The Morgan fingerprint density at radius 3 is 2.86 bits per heavy atom. The molecular formula is C10H9BrO3. The maximum absolute atomic E-state index is 10.8. The van der Waals surface area contributed by atoms with Gasteiger partial charge in [-0.3, -0.25) is 4.79 Å². The van der Waals surface area contributed by atoms with Crippen LogP contribution in [-0.2, 0) is 0 Å². The fourth-order valence-electron chi connectivity index (χ4n) is 1.43. The molecule has 0 radical (unpaired) electrons. The van der Waals surface area contributed by atoms with Crippen molar-refractivity contribution >= 4 is 22.2 Å². The molecule has 2 rings (SSSR count). The Kier molecular flexibility index (Phi) is 2.46. The first kappa shape index (κ1) is 9.52. The van der Waals surface area contributed by atoms with Crippen molar-refractivity contribution < 1.29 is 14.3 Å². The lowest BCUT2D eigenvalue weighted by molar-refractivity contribution is 0.112. The highest BCUT2D eigenvalue weighted by molar-refractivity contribution is 9.10. The zero-order chi connectivity index (χ0) is 10.1. The van der Waals surface area contributed by atoms with E-state index in [4.69, 9.17) is 9.47 Å². The molecule has 3 nitrogen and oxygen atoms in total. The number of hydrogen-bond acceptors (Lipinski definition) is 3. The topological polar surface area (TPSA) is 35.5 Å². The van der Waals surface area contributed by atoms with Crippen molar-refractivity contribution in [2.75, 3.05) is 13.2 Å². The number of aryl methyl sites for hydroxylation is 1. The van der Waals surface area contributed by atoms with Gasteiger partial charge in [-0.05, 0) is 34.5 Å². The van der Waals surface area contributed by atoms with E-state index in [0.29, 0.717) is 34.7 Å². The van der Waals surface area contributed by atoms with Crippen LogP contribution in [0.15, 0.2) is 10.5 Å². The van der Waals surface area contributed by atoms with E-state index in [9.17, 15) is 4.79 Å². The second kappa shape index (κ2) is 3.61. The Bertz CT molecular complexity index is 387. The Hall–Kier alpha value is -1.03. The maximum Gasteiger partial charge on any atom is 0.176 e. The summed E-state index contributed by atoms with van der Waals surface area (Å²) in [5.74, 6) is 1.33. The number of hydrogen-bond donors (Lipinski definition) is 0. The summed E-state index contributed by atoms with van der Waals surface area (Å²) < 4.78 is 11.5. The minimum atomic E-state index is 0.521. The van der Waals surface area contributed by atoms with Gasteiger partial charge in [0.25, 0.3) is 0 Å². The standard InChI is InChI=1S/C10H9BrO3/c1-6-4-8-10(14-3-2-13-8)9(11)7(6)5-12/h4-5H,2-3H2,1H3. The van der Waals surface area contributed by atoms with Crippen molar-refractivity contribution in [3.05, 3.63) is 21.7 Å². The zero-order valence-electron chi connectivity index (χ0n) is 7.67. The molecule has 0 bridgehead atoms. The molecule has 0 fully saturated rings. The highest BCUT2D eigenvalue weighted by atomic mass is 79.9. The first-order valence-corrected chi connectivity index (χ1v) is 5.07. The molecule has 0 aliphatic carbocycles. The monoisotopic (exact) mass is 256 g/mol. The third-order valence-corrected chi connectivity index (χ3v) is 2.92. The van der Waals surface area contributed by atoms with Gasteiger partial charge >= 0.3 is 0 Å². The summed E-state index contributed by atoms with van der Waals surface area (Å²) in [6.07, 6.45) is 0.817. The molecule has 0 aromatic heterocycles. The Balaban J connectivity index is 2.63. The van der Waals surface area contributed by atoms with E-state index in [1.54, 1.807) is 0 Å². The minimum absolute atomic E-state index is 0.521. The molecule has 14 heavy (non-hydrogen) atoms. The van der Waals surface area contributed by atoms with E-state index in [0.717, 1.165) is 11.8 Å². The van der Waals surface area contributed by atoms with Gasteiger partial charge in [0.1, 0.15) is 13.2 Å². The Morgan fingerprint density at radius 2 is 2.14 bits per heavy atom. The normalized spacial score (nSPS) is 13.9. The van der Waals surface area contributed by atoms with E-state index in [1.165, 1.54) is 0 Å². The van der Waals surface area contributed by atoms with Gasteiger partial charge in [-0.1, -0.05) is 0 Å². The van der Waals surface area contributed by atoms with Crippen LogP contribution in [0.25, 0.3) is 0 Å². The van der Waals surface area contributed by atoms with Crippen LogP contribution in [0.1, 0.15) is 15.9 Å². The molecule has 0 N–H and O–H groups in total. The van der Waals surface area contributed by atoms with Crippen molar-refractivity contribution in [2.45, 2.75) is 6.92 Å². The van der Waals surface area contributed by atoms with Gasteiger partial charge in [-0.25, -0.2) is 0 Å². The van der Waals surface area contributed by atoms with E-state index >= 15 is 0 Å². The van der Waals surface area contributed by atoms with E-state index in [2.05, 4.69) is 15.9 Å². The summed E-state index contributed by atoms with van der Waals surface area (Å²) in [4.78, 5) is 10.8. The predicted octanol–water partition coefficient (Wildman–Crippen LogP) is 2.34. The number of ether oxygens (including phenoxy) is 2. The van der Waals surface area contributed by atoms with Gasteiger partial charge in [0, 0.05) is 5.56 Å². The van der Waals surface area contributed by atoms with Gasteiger partial charge in [0.2, 0.25) is 0 Å². The van der Waals surface area contributed by atoms with Gasteiger partial charge in [-0.2, -0.15) is 0 Å². The average Bonchev–Trinajstić information content (AvgIpc) is 2.18. The number of rotatable bonds is 1. The number of carbonyl (C=O) groups excluding carboxylic acids is 1. The van der Waals surface area contributed by atoms with Crippen molar-refractivity contribution in [1.82, 2.24) is 0 Å². The summed E-state index contributed by atoms with van der Waals surface area (Å²) >= 11 is 3.34. The maximum atomic E-state index is 10.8. The first-order valence-electron chi connectivity index (χ1n) is 4.28. The smallest absolute Gasteiger partial charge is 0.176 e. The second-order valence-electron chi connectivity index (χ2n) is 3.06. The van der Waals surface area contributed by atoms with Crippen LogP contribution >= 0.6 is 15.9 Å². The molecule has 0 spiro atoms. The van der Waals surface area contributed by atoms with Gasteiger partial charge in [-0.15, -0.1) is 0 Å². The van der Waals surface area contributed by atoms with Crippen LogP contribution in [0.5, 0.6) is 11.5 Å². The number of halogens is 1. The lowest BCUT2D eigenvalue weighted by Crippen LogP contribution is -2.16. The molecule has 0 saturated carbocycles. The fourth-order valence-corrected chi connectivity index (χ4v) is 2.14. The van der Waals surface area contributed by atoms with Gasteiger partial charge < -0.3 is 9.47 Å². The summed E-state index contributed by atoms with van der Waals surface area (Å²) in [6, 6.07) is 1.82. The molecule has 1 heterocycles. The number of fused-ring (bicyclic) bond motifs is 1. The molecule has 0 amide bonds. The zero-order valence-corrected chi connectivity index (χ0v) is 9.26. The number of benzene rings is 1. The van der Waals surface area contributed by atoms with Crippen LogP contribution in [0.4, 0.5) is 0 Å². The first-order chi connectivity index (χ1) is 6.74. The molecule has 0 saturated heterocycles. The third kappa shape index (κ3) is 1.39. The second-order valence-corrected chi connectivity index (χ2v) is 3.86. The van der Waals surface area contributed by atoms with Crippen LogP contribution in [-0.4, -0.2) is 19.5 Å². The highest BCUT2D eigenvalue weighted by Crippen LogP contribution is 2.40. The molecule has 1 aromatic carbocycles. The van der Waals surface area contributed by atoms with Crippen LogP contribution < -0.4 is 9.47 Å². The van der Waals surface area contributed by atoms with Crippen molar-refractivity contribution in [3.8, 4) is 11.5 Å². The van der Waals surface area contributed by atoms with Crippen LogP contribution in [0, 0.1) is 6.92 Å². The molecular weight excluding hydrogens is 248 g/mol. The minimum Gasteiger partial charge on any atom is -0.486 e. The lowest BCUT2D eigenvalue weighted by atomic mass is 10.1. The predicted molar refractivity (Wildman–Crippen MR) is 55.3 cm³/mol. The fraction of sp³-hybridized carbons (Fsp3) is 0.300. The number of carbonyl (C=O) groups is 1. The molecule has 1 aliphatic rings.